The van der Waals surface area contributed by atoms with Crippen molar-refractivity contribution in [1.29, 1.82) is 0 Å². The molecule has 88 valence electrons. The Kier molecular flexibility index (Phi) is 3.96. The molecule has 0 saturated heterocycles. The van der Waals surface area contributed by atoms with Crippen LogP contribution in [0.1, 0.15) is 24.8 Å². The number of hydrogen-bond donors (Lipinski definition) is 1. The molecule has 2 rings (SSSR count). The number of methoxy groups -OCH3 is 1. The number of carbonyl (C=O) groups excluding carboxylic acids is 1. The molecule has 0 amide bonds. The van der Waals surface area contributed by atoms with Gasteiger partial charge in [0, 0.05) is 12.6 Å². The van der Waals surface area contributed by atoms with Gasteiger partial charge in [-0.2, -0.15) is 11.3 Å². The van der Waals surface area contributed by atoms with Gasteiger partial charge in [-0.3, -0.25) is 4.79 Å². The van der Waals surface area contributed by atoms with E-state index in [1.165, 1.54) is 12.7 Å². The maximum atomic E-state index is 11.5. The van der Waals surface area contributed by atoms with Crippen molar-refractivity contribution in [2.75, 3.05) is 7.11 Å². The molecule has 1 aliphatic rings. The lowest BCUT2D eigenvalue weighted by Crippen LogP contribution is -2.36. The molecule has 4 heteroatoms. The van der Waals surface area contributed by atoms with Gasteiger partial charge >= 0.3 is 5.97 Å². The summed E-state index contributed by atoms with van der Waals surface area (Å²) in [5.74, 6) is -0.0241. The first-order valence-electron chi connectivity index (χ1n) is 5.63. The van der Waals surface area contributed by atoms with Crippen molar-refractivity contribution in [3.63, 3.8) is 0 Å². The van der Waals surface area contributed by atoms with E-state index in [0.29, 0.717) is 0 Å². The number of esters is 1. The zero-order chi connectivity index (χ0) is 11.4. The third kappa shape index (κ3) is 2.62. The molecule has 16 heavy (non-hydrogen) atoms. The molecule has 0 radical (unpaired) electrons. The summed E-state index contributed by atoms with van der Waals surface area (Å²) in [6.45, 7) is 0.849. The lowest BCUT2D eigenvalue weighted by molar-refractivity contribution is -0.145. The molecule has 0 spiro atoms. The van der Waals surface area contributed by atoms with E-state index in [-0.39, 0.29) is 17.9 Å². The summed E-state index contributed by atoms with van der Waals surface area (Å²) in [6.07, 6.45) is 3.14. The number of thiophene rings is 1. The maximum Gasteiger partial charge on any atom is 0.310 e. The number of hydrogen-bond acceptors (Lipinski definition) is 4. The van der Waals surface area contributed by atoms with Crippen LogP contribution in [0.5, 0.6) is 0 Å². The summed E-state index contributed by atoms with van der Waals surface area (Å²) in [6, 6.07) is 2.40. The highest BCUT2D eigenvalue weighted by Crippen LogP contribution is 2.27. The standard InChI is InChI=1S/C12H17NO2S/c1-15-12(14)10-3-2-4-11(10)13-7-9-5-6-16-8-9/h5-6,8,10-11,13H,2-4,7H2,1H3/t10-,11-/m0/s1. The quantitative estimate of drug-likeness (QED) is 0.818. The Morgan fingerprint density at radius 2 is 2.50 bits per heavy atom. The number of rotatable bonds is 4. The molecule has 1 heterocycles. The molecule has 2 atom stereocenters. The van der Waals surface area contributed by atoms with Crippen LogP contribution in [0.4, 0.5) is 0 Å². The molecule has 1 fully saturated rings. The van der Waals surface area contributed by atoms with Crippen LogP contribution in [0, 0.1) is 5.92 Å². The molecule has 1 aromatic rings. The van der Waals surface area contributed by atoms with Crippen LogP contribution in [-0.2, 0) is 16.1 Å². The van der Waals surface area contributed by atoms with Gasteiger partial charge in [0.05, 0.1) is 13.0 Å². The zero-order valence-corrected chi connectivity index (χ0v) is 10.3. The average Bonchev–Trinajstić information content (AvgIpc) is 2.96. The highest BCUT2D eigenvalue weighted by Gasteiger charge is 2.33. The Balaban J connectivity index is 1.86. The Morgan fingerprint density at radius 1 is 1.62 bits per heavy atom. The van der Waals surface area contributed by atoms with Crippen LogP contribution < -0.4 is 5.32 Å². The van der Waals surface area contributed by atoms with Crippen LogP contribution in [0.25, 0.3) is 0 Å². The van der Waals surface area contributed by atoms with E-state index in [0.717, 1.165) is 25.8 Å². The van der Waals surface area contributed by atoms with E-state index in [4.69, 9.17) is 4.74 Å². The van der Waals surface area contributed by atoms with Crippen molar-refractivity contribution in [1.82, 2.24) is 5.32 Å². The van der Waals surface area contributed by atoms with Crippen molar-refractivity contribution < 1.29 is 9.53 Å². The summed E-state index contributed by atoms with van der Waals surface area (Å²) in [5, 5.41) is 7.66. The van der Waals surface area contributed by atoms with Gasteiger partial charge in [-0.1, -0.05) is 6.42 Å². The maximum absolute atomic E-state index is 11.5. The van der Waals surface area contributed by atoms with Crippen LogP contribution in [0.2, 0.25) is 0 Å². The van der Waals surface area contributed by atoms with E-state index in [1.807, 2.05) is 0 Å². The minimum atomic E-state index is -0.0691. The van der Waals surface area contributed by atoms with Gasteiger partial charge in [0.15, 0.2) is 0 Å². The SMILES string of the molecule is COC(=O)[C@H]1CCC[C@@H]1NCc1ccsc1. The molecule has 0 aromatic carbocycles. The Labute approximate surface area is 99.8 Å². The molecular weight excluding hydrogens is 222 g/mol. The first kappa shape index (κ1) is 11.6. The van der Waals surface area contributed by atoms with Crippen molar-refractivity contribution >= 4 is 17.3 Å². The summed E-state index contributed by atoms with van der Waals surface area (Å²) in [7, 11) is 1.47. The Hall–Kier alpha value is -0.870. The highest BCUT2D eigenvalue weighted by atomic mass is 32.1. The van der Waals surface area contributed by atoms with Crippen LogP contribution in [0.15, 0.2) is 16.8 Å². The third-order valence-corrected chi connectivity index (χ3v) is 3.90. The predicted molar refractivity (Wildman–Crippen MR) is 64.3 cm³/mol. The van der Waals surface area contributed by atoms with E-state index in [2.05, 4.69) is 22.1 Å². The molecule has 1 N–H and O–H groups in total. The van der Waals surface area contributed by atoms with E-state index < -0.39 is 0 Å². The van der Waals surface area contributed by atoms with Gasteiger partial charge in [0.1, 0.15) is 0 Å². The van der Waals surface area contributed by atoms with Gasteiger partial charge < -0.3 is 10.1 Å². The fourth-order valence-corrected chi connectivity index (χ4v) is 2.95. The van der Waals surface area contributed by atoms with Crippen LogP contribution in [0.3, 0.4) is 0 Å². The average molecular weight is 239 g/mol. The minimum Gasteiger partial charge on any atom is -0.469 e. The topological polar surface area (TPSA) is 38.3 Å². The minimum absolute atomic E-state index is 0.0450. The Bertz CT molecular complexity index is 337. The molecule has 1 aliphatic carbocycles. The Morgan fingerprint density at radius 3 is 3.19 bits per heavy atom. The van der Waals surface area contributed by atoms with Gasteiger partial charge in [-0.05, 0) is 35.2 Å². The first-order valence-corrected chi connectivity index (χ1v) is 6.58. The second kappa shape index (κ2) is 5.46. The number of nitrogens with one attached hydrogen (secondary N) is 1. The molecule has 1 saturated carbocycles. The fourth-order valence-electron chi connectivity index (χ4n) is 2.28. The van der Waals surface area contributed by atoms with Crippen molar-refractivity contribution in [3.05, 3.63) is 22.4 Å². The highest BCUT2D eigenvalue weighted by molar-refractivity contribution is 7.07. The summed E-state index contributed by atoms with van der Waals surface area (Å²) >= 11 is 1.70. The largest absolute Gasteiger partial charge is 0.469 e. The molecular formula is C12H17NO2S. The molecule has 0 bridgehead atoms. The van der Waals surface area contributed by atoms with Crippen molar-refractivity contribution in [3.8, 4) is 0 Å². The monoisotopic (exact) mass is 239 g/mol. The van der Waals surface area contributed by atoms with Gasteiger partial charge in [0.2, 0.25) is 0 Å². The predicted octanol–water partition coefficient (Wildman–Crippen LogP) is 2.18. The van der Waals surface area contributed by atoms with Crippen LogP contribution in [-0.4, -0.2) is 19.1 Å². The molecule has 0 unspecified atom stereocenters. The van der Waals surface area contributed by atoms with Crippen molar-refractivity contribution in [2.24, 2.45) is 5.92 Å². The van der Waals surface area contributed by atoms with Crippen LogP contribution >= 0.6 is 11.3 Å². The molecule has 3 nitrogen and oxygen atoms in total. The summed E-state index contributed by atoms with van der Waals surface area (Å²) in [5.41, 5.74) is 1.29. The molecule has 0 aliphatic heterocycles. The second-order valence-corrected chi connectivity index (χ2v) is 4.96. The number of ether oxygens (including phenoxy) is 1. The van der Waals surface area contributed by atoms with Gasteiger partial charge in [0.25, 0.3) is 0 Å². The molecule has 1 aromatic heterocycles. The smallest absolute Gasteiger partial charge is 0.310 e. The van der Waals surface area contributed by atoms with Gasteiger partial charge in [-0.15, -0.1) is 0 Å². The zero-order valence-electron chi connectivity index (χ0n) is 9.44. The van der Waals surface area contributed by atoms with E-state index >= 15 is 0 Å². The summed E-state index contributed by atoms with van der Waals surface area (Å²) < 4.78 is 4.82. The van der Waals surface area contributed by atoms with E-state index in [1.54, 1.807) is 11.3 Å². The second-order valence-electron chi connectivity index (χ2n) is 4.18. The summed E-state index contributed by atoms with van der Waals surface area (Å²) in [4.78, 5) is 11.5. The first-order chi connectivity index (χ1) is 7.81. The van der Waals surface area contributed by atoms with E-state index in [9.17, 15) is 4.79 Å². The number of carbonyl (C=O) groups is 1. The van der Waals surface area contributed by atoms with Gasteiger partial charge in [-0.25, -0.2) is 0 Å². The normalized spacial score (nSPS) is 24.6. The lowest BCUT2D eigenvalue weighted by Gasteiger charge is -2.18. The van der Waals surface area contributed by atoms with Crippen molar-refractivity contribution in [2.45, 2.75) is 31.8 Å². The third-order valence-electron chi connectivity index (χ3n) is 3.17. The fraction of sp³-hybridized carbons (Fsp3) is 0.583. The lowest BCUT2D eigenvalue weighted by atomic mass is 10.0.